The number of primary amides is 1. The van der Waals surface area contributed by atoms with Gasteiger partial charge in [-0.15, -0.1) is 0 Å². The fourth-order valence-corrected chi connectivity index (χ4v) is 5.93. The van der Waals surface area contributed by atoms with Crippen LogP contribution in [0, 0.1) is 28.6 Å². The third-order valence-corrected chi connectivity index (χ3v) is 9.13. The first-order chi connectivity index (χ1) is 22.3. The van der Waals surface area contributed by atoms with Gasteiger partial charge in [0.2, 0.25) is 17.6 Å². The van der Waals surface area contributed by atoms with E-state index in [1.807, 2.05) is 61.5 Å². The van der Waals surface area contributed by atoms with E-state index in [2.05, 4.69) is 21.3 Å². The third kappa shape index (κ3) is 10.7. The molecule has 2 aliphatic rings. The lowest BCUT2D eigenvalue weighted by Crippen LogP contribution is -2.62. The van der Waals surface area contributed by atoms with Gasteiger partial charge in [0.15, 0.2) is 0 Å². The van der Waals surface area contributed by atoms with Crippen LogP contribution in [0.2, 0.25) is 0 Å². The van der Waals surface area contributed by atoms with Crippen molar-refractivity contribution in [2.45, 2.75) is 105 Å². The Bertz CT molecular complexity index is 1330. The quantitative estimate of drug-likeness (QED) is 0.198. The highest BCUT2D eigenvalue weighted by molar-refractivity contribution is 6.37. The number of urea groups is 1. The minimum atomic E-state index is -1.11. The van der Waals surface area contributed by atoms with Gasteiger partial charge in [0.25, 0.3) is 5.91 Å². The molecule has 5 atom stereocenters. The van der Waals surface area contributed by atoms with Crippen molar-refractivity contribution < 1.29 is 33.5 Å². The van der Waals surface area contributed by atoms with E-state index < -0.39 is 70.6 Å². The first kappa shape index (κ1) is 38.3. The summed E-state index contributed by atoms with van der Waals surface area (Å²) in [7, 11) is 0. The Labute approximate surface area is 283 Å². The number of carbonyl (C=O) groups excluding carboxylic acids is 6. The second-order valence-electron chi connectivity index (χ2n) is 15.6. The number of anilines is 1. The largest absolute Gasteiger partial charge is 0.447 e. The predicted octanol–water partition coefficient (Wildman–Crippen LogP) is 3.58. The lowest BCUT2D eigenvalue weighted by Gasteiger charge is -2.38. The molecular weight excluding hydrogens is 616 g/mol. The van der Waals surface area contributed by atoms with E-state index in [4.69, 9.17) is 10.5 Å². The molecule has 266 valence electrons. The van der Waals surface area contributed by atoms with Gasteiger partial charge in [-0.1, -0.05) is 86.4 Å². The standard InChI is InChI=1S/C35H54N6O7/c1-20(2)23-16-17-41(26(23)30(44)38-24(18-21-14-15-21)27(42)29(36)43)31(45)28(35(6,7)8)40-32(46)39-25(34(3,4)5)19-48-33(47)37-22-12-10-9-11-13-22/h9-13,20-21,23-26,28H,14-19H2,1-8H3,(H2,36,43)(H,37,47)(H,38,44)(H2,39,40,46)/t23-,24?,25-,26+,28-/m1/s1. The highest BCUT2D eigenvalue weighted by atomic mass is 16.5. The molecule has 1 aliphatic carbocycles. The molecule has 2 fully saturated rings. The first-order valence-corrected chi connectivity index (χ1v) is 16.8. The van der Waals surface area contributed by atoms with Gasteiger partial charge >= 0.3 is 12.1 Å². The van der Waals surface area contributed by atoms with Crippen LogP contribution in [0.3, 0.4) is 0 Å². The minimum absolute atomic E-state index is 0.0308. The van der Waals surface area contributed by atoms with Crippen molar-refractivity contribution in [1.29, 1.82) is 0 Å². The van der Waals surface area contributed by atoms with Crippen LogP contribution in [0.4, 0.5) is 15.3 Å². The molecule has 6 N–H and O–H groups in total. The van der Waals surface area contributed by atoms with Crippen LogP contribution in [0.25, 0.3) is 0 Å². The maximum atomic E-state index is 14.3. The van der Waals surface area contributed by atoms with E-state index in [0.29, 0.717) is 18.5 Å². The summed E-state index contributed by atoms with van der Waals surface area (Å²) in [6.07, 6.45) is 2.02. The van der Waals surface area contributed by atoms with Gasteiger partial charge in [-0.2, -0.15) is 0 Å². The Balaban J connectivity index is 1.76. The third-order valence-electron chi connectivity index (χ3n) is 9.13. The van der Waals surface area contributed by atoms with Crippen molar-refractivity contribution in [2.24, 2.45) is 34.3 Å². The summed E-state index contributed by atoms with van der Waals surface area (Å²) >= 11 is 0. The number of para-hydroxylation sites is 1. The highest BCUT2D eigenvalue weighted by Gasteiger charge is 2.48. The summed E-state index contributed by atoms with van der Waals surface area (Å²) in [4.78, 5) is 79.9. The van der Waals surface area contributed by atoms with Crippen LogP contribution in [0.15, 0.2) is 30.3 Å². The van der Waals surface area contributed by atoms with Crippen LogP contribution < -0.4 is 27.0 Å². The van der Waals surface area contributed by atoms with E-state index in [1.54, 1.807) is 24.3 Å². The molecule has 1 aliphatic heterocycles. The number of likely N-dealkylation sites (tertiary alicyclic amines) is 1. The van der Waals surface area contributed by atoms with Gasteiger partial charge < -0.3 is 31.3 Å². The Morgan fingerprint density at radius 2 is 1.52 bits per heavy atom. The zero-order valence-electron chi connectivity index (χ0n) is 29.6. The van der Waals surface area contributed by atoms with Gasteiger partial charge in [0.1, 0.15) is 18.7 Å². The van der Waals surface area contributed by atoms with Gasteiger partial charge in [-0.05, 0) is 53.6 Å². The summed E-state index contributed by atoms with van der Waals surface area (Å²) in [6.45, 7) is 15.2. The summed E-state index contributed by atoms with van der Waals surface area (Å²) in [5.74, 6) is -2.87. The number of ketones is 1. The fourth-order valence-electron chi connectivity index (χ4n) is 5.93. The van der Waals surface area contributed by atoms with Crippen molar-refractivity contribution in [3.05, 3.63) is 30.3 Å². The zero-order chi connectivity index (χ0) is 36.0. The highest BCUT2D eigenvalue weighted by Crippen LogP contribution is 2.35. The van der Waals surface area contributed by atoms with Crippen LogP contribution in [0.5, 0.6) is 0 Å². The number of nitrogens with zero attached hydrogens (tertiary/aromatic N) is 1. The van der Waals surface area contributed by atoms with Gasteiger partial charge in [0.05, 0.1) is 12.1 Å². The number of hydrogen-bond donors (Lipinski definition) is 5. The number of Topliss-reactive ketones (excluding diaryl/α,β-unsaturated/α-hetero) is 1. The Kier molecular flexibility index (Phi) is 12.6. The summed E-state index contributed by atoms with van der Waals surface area (Å²) < 4.78 is 5.44. The maximum Gasteiger partial charge on any atom is 0.411 e. The molecule has 48 heavy (non-hydrogen) atoms. The SMILES string of the molecule is CC(C)[C@H]1CCN(C(=O)[C@@H](NC(=O)N[C@H](COC(=O)Nc2ccccc2)C(C)(C)C)C(C)(C)C)[C@@H]1C(=O)NC(CC1CC1)C(=O)C(N)=O. The second-order valence-corrected chi connectivity index (χ2v) is 15.6. The molecule has 0 radical (unpaired) electrons. The van der Waals surface area contributed by atoms with Crippen molar-refractivity contribution in [1.82, 2.24) is 20.9 Å². The van der Waals surface area contributed by atoms with E-state index >= 15 is 0 Å². The number of nitrogens with two attached hydrogens (primary N) is 1. The van der Waals surface area contributed by atoms with Crippen molar-refractivity contribution in [3.8, 4) is 0 Å². The average molecular weight is 671 g/mol. The van der Waals surface area contributed by atoms with Gasteiger partial charge in [-0.3, -0.25) is 24.5 Å². The number of nitrogens with one attached hydrogen (secondary N) is 4. The van der Waals surface area contributed by atoms with Gasteiger partial charge in [-0.25, -0.2) is 9.59 Å². The molecule has 13 heteroatoms. The summed E-state index contributed by atoms with van der Waals surface area (Å²) in [6, 6.07) is 4.60. The van der Waals surface area contributed by atoms with E-state index in [9.17, 15) is 28.8 Å². The van der Waals surface area contributed by atoms with Crippen LogP contribution in [-0.2, 0) is 23.9 Å². The topological polar surface area (TPSA) is 189 Å². The summed E-state index contributed by atoms with van der Waals surface area (Å²) in [5, 5.41) is 11.1. The average Bonchev–Trinajstić information content (AvgIpc) is 3.69. The van der Waals surface area contributed by atoms with E-state index in [0.717, 1.165) is 12.8 Å². The normalized spacial score (nSPS) is 19.9. The lowest BCUT2D eigenvalue weighted by atomic mass is 9.84. The second kappa shape index (κ2) is 15.8. The number of hydrogen-bond acceptors (Lipinski definition) is 7. The molecule has 0 spiro atoms. The molecule has 1 heterocycles. The molecule has 1 saturated heterocycles. The minimum Gasteiger partial charge on any atom is -0.447 e. The molecule has 3 rings (SSSR count). The Morgan fingerprint density at radius 3 is 2.04 bits per heavy atom. The molecule has 6 amide bonds. The number of benzene rings is 1. The lowest BCUT2D eigenvalue weighted by molar-refractivity contribution is -0.144. The molecule has 1 unspecified atom stereocenters. The molecule has 0 aromatic heterocycles. The monoisotopic (exact) mass is 670 g/mol. The molecule has 13 nitrogen and oxygen atoms in total. The van der Waals surface area contributed by atoms with E-state index in [1.165, 1.54) is 4.90 Å². The maximum absolute atomic E-state index is 14.3. The number of rotatable bonds is 13. The number of ether oxygens (including phenoxy) is 1. The van der Waals surface area contributed by atoms with Crippen LogP contribution >= 0.6 is 0 Å². The van der Waals surface area contributed by atoms with Gasteiger partial charge in [0, 0.05) is 12.2 Å². The Hall–Kier alpha value is -4.16. The van der Waals surface area contributed by atoms with Crippen LogP contribution in [-0.4, -0.2) is 77.8 Å². The smallest absolute Gasteiger partial charge is 0.411 e. The Morgan fingerprint density at radius 1 is 0.896 bits per heavy atom. The molecule has 1 saturated carbocycles. The summed E-state index contributed by atoms with van der Waals surface area (Å²) in [5.41, 5.74) is 4.58. The fraction of sp³-hybridized carbons (Fsp3) is 0.657. The molecule has 1 aromatic rings. The molecular formula is C35H54N6O7. The zero-order valence-corrected chi connectivity index (χ0v) is 29.6. The van der Waals surface area contributed by atoms with Crippen molar-refractivity contribution >= 4 is 41.3 Å². The number of amides is 6. The number of carbonyl (C=O) groups is 6. The van der Waals surface area contributed by atoms with Crippen LogP contribution in [0.1, 0.15) is 81.1 Å². The molecule has 1 aromatic carbocycles. The van der Waals surface area contributed by atoms with Crippen molar-refractivity contribution in [2.75, 3.05) is 18.5 Å². The first-order valence-electron chi connectivity index (χ1n) is 16.8. The van der Waals surface area contributed by atoms with E-state index in [-0.39, 0.29) is 30.9 Å². The van der Waals surface area contributed by atoms with Crippen molar-refractivity contribution in [3.63, 3.8) is 0 Å². The molecule has 0 bridgehead atoms. The predicted molar refractivity (Wildman–Crippen MR) is 181 cm³/mol.